The number of ether oxygens (including phenoxy) is 1. The van der Waals surface area contributed by atoms with Gasteiger partial charge in [-0.2, -0.15) is 0 Å². The molecule has 0 aliphatic carbocycles. The van der Waals surface area contributed by atoms with Crippen molar-refractivity contribution in [3.8, 4) is 34.0 Å². The van der Waals surface area contributed by atoms with Crippen LogP contribution in [0.4, 0.5) is 0 Å². The van der Waals surface area contributed by atoms with Crippen molar-refractivity contribution in [2.75, 3.05) is 7.11 Å². The van der Waals surface area contributed by atoms with E-state index >= 15 is 0 Å². The second-order valence-corrected chi connectivity index (χ2v) is 5.06. The summed E-state index contributed by atoms with van der Waals surface area (Å²) in [5.41, 5.74) is 2.73. The third kappa shape index (κ3) is 3.03. The van der Waals surface area contributed by atoms with Crippen LogP contribution in [0.15, 0.2) is 54.9 Å². The lowest BCUT2D eigenvalue weighted by Crippen LogP contribution is -1.97. The Morgan fingerprint density at radius 1 is 1.04 bits per heavy atom. The van der Waals surface area contributed by atoms with E-state index < -0.39 is 5.97 Å². The molecule has 0 saturated carbocycles. The minimum absolute atomic E-state index is 0.0412. The number of carboxylic acids is 1. The van der Waals surface area contributed by atoms with Crippen molar-refractivity contribution in [1.82, 2.24) is 9.97 Å². The first-order valence-electron chi connectivity index (χ1n) is 7.11. The Morgan fingerprint density at radius 3 is 2.42 bits per heavy atom. The van der Waals surface area contributed by atoms with Gasteiger partial charge >= 0.3 is 5.97 Å². The first-order chi connectivity index (χ1) is 11.6. The zero-order chi connectivity index (χ0) is 17.1. The molecule has 0 aliphatic heterocycles. The maximum absolute atomic E-state index is 11.1. The van der Waals surface area contributed by atoms with Gasteiger partial charge in [0.2, 0.25) is 0 Å². The van der Waals surface area contributed by atoms with Gasteiger partial charge in [-0.3, -0.25) is 4.98 Å². The number of nitrogens with zero attached hydrogens (tertiary/aromatic N) is 2. The van der Waals surface area contributed by atoms with Gasteiger partial charge in [-0.05, 0) is 30.3 Å². The number of aromatic carboxylic acids is 1. The van der Waals surface area contributed by atoms with Crippen LogP contribution >= 0.6 is 0 Å². The lowest BCUT2D eigenvalue weighted by molar-refractivity contribution is 0.0697. The van der Waals surface area contributed by atoms with Crippen molar-refractivity contribution in [2.45, 2.75) is 0 Å². The highest BCUT2D eigenvalue weighted by Crippen LogP contribution is 2.31. The van der Waals surface area contributed by atoms with Gasteiger partial charge in [0.1, 0.15) is 0 Å². The first kappa shape index (κ1) is 15.5. The average Bonchev–Trinajstić information content (AvgIpc) is 2.62. The zero-order valence-corrected chi connectivity index (χ0v) is 12.8. The second-order valence-electron chi connectivity index (χ2n) is 5.06. The Labute approximate surface area is 138 Å². The molecule has 3 aromatic rings. The van der Waals surface area contributed by atoms with Gasteiger partial charge in [-0.1, -0.05) is 12.1 Å². The van der Waals surface area contributed by atoms with Crippen LogP contribution in [0.2, 0.25) is 0 Å². The summed E-state index contributed by atoms with van der Waals surface area (Å²) in [5.74, 6) is -0.615. The molecule has 24 heavy (non-hydrogen) atoms. The third-order valence-corrected chi connectivity index (χ3v) is 3.52. The third-order valence-electron chi connectivity index (χ3n) is 3.52. The van der Waals surface area contributed by atoms with Gasteiger partial charge in [-0.25, -0.2) is 9.78 Å². The van der Waals surface area contributed by atoms with Crippen molar-refractivity contribution < 1.29 is 19.7 Å². The Hall–Kier alpha value is -3.41. The summed E-state index contributed by atoms with van der Waals surface area (Å²) in [7, 11) is 1.47. The van der Waals surface area contributed by atoms with Crippen LogP contribution in [0.25, 0.3) is 22.5 Å². The SMILES string of the molecule is COc1cc(-c2cncc(-c3cccc(C(=O)O)c3)n2)ccc1O. The van der Waals surface area contributed by atoms with E-state index in [1.165, 1.54) is 19.2 Å². The lowest BCUT2D eigenvalue weighted by atomic mass is 10.1. The Bertz CT molecular complexity index is 909. The molecular weight excluding hydrogens is 308 g/mol. The van der Waals surface area contributed by atoms with E-state index in [0.717, 1.165) is 5.56 Å². The molecule has 0 atom stereocenters. The van der Waals surface area contributed by atoms with Crippen LogP contribution in [-0.4, -0.2) is 33.3 Å². The quantitative estimate of drug-likeness (QED) is 0.766. The number of methoxy groups -OCH3 is 1. The van der Waals surface area contributed by atoms with Crippen LogP contribution in [0.3, 0.4) is 0 Å². The van der Waals surface area contributed by atoms with Crippen LogP contribution in [-0.2, 0) is 0 Å². The number of rotatable bonds is 4. The highest BCUT2D eigenvalue weighted by Gasteiger charge is 2.09. The molecule has 0 fully saturated rings. The molecule has 1 heterocycles. The van der Waals surface area contributed by atoms with E-state index in [0.29, 0.717) is 22.7 Å². The molecule has 0 radical (unpaired) electrons. The Kier molecular flexibility index (Phi) is 4.11. The normalized spacial score (nSPS) is 10.4. The maximum atomic E-state index is 11.1. The monoisotopic (exact) mass is 322 g/mol. The summed E-state index contributed by atoms with van der Waals surface area (Å²) in [6, 6.07) is 11.4. The van der Waals surface area contributed by atoms with E-state index in [9.17, 15) is 9.90 Å². The van der Waals surface area contributed by atoms with Gasteiger partial charge in [0.05, 0.1) is 36.5 Å². The largest absolute Gasteiger partial charge is 0.504 e. The van der Waals surface area contributed by atoms with E-state index in [2.05, 4.69) is 9.97 Å². The van der Waals surface area contributed by atoms with Crippen molar-refractivity contribution in [1.29, 1.82) is 0 Å². The van der Waals surface area contributed by atoms with Gasteiger partial charge in [0.15, 0.2) is 11.5 Å². The molecule has 3 rings (SSSR count). The molecular formula is C18H14N2O4. The van der Waals surface area contributed by atoms with Gasteiger partial charge < -0.3 is 14.9 Å². The number of aromatic nitrogens is 2. The molecule has 120 valence electrons. The number of aromatic hydroxyl groups is 1. The standard InChI is InChI=1S/C18H14N2O4/c1-24-17-8-12(5-6-16(17)21)15-10-19-9-14(20-15)11-3-2-4-13(7-11)18(22)23/h2-10,21H,1H3,(H,22,23). The highest BCUT2D eigenvalue weighted by molar-refractivity contribution is 5.89. The highest BCUT2D eigenvalue weighted by atomic mass is 16.5. The summed E-state index contributed by atoms with van der Waals surface area (Å²) in [5, 5.41) is 18.8. The molecule has 0 amide bonds. The molecule has 2 N–H and O–H groups in total. The van der Waals surface area contributed by atoms with Crippen LogP contribution in [0.5, 0.6) is 11.5 Å². The maximum Gasteiger partial charge on any atom is 0.335 e. The van der Waals surface area contributed by atoms with E-state index in [1.54, 1.807) is 42.7 Å². The van der Waals surface area contributed by atoms with Gasteiger partial charge in [0, 0.05) is 11.1 Å². The van der Waals surface area contributed by atoms with E-state index in [-0.39, 0.29) is 11.3 Å². The molecule has 6 nitrogen and oxygen atoms in total. The number of hydrogen-bond acceptors (Lipinski definition) is 5. The van der Waals surface area contributed by atoms with E-state index in [4.69, 9.17) is 9.84 Å². The predicted molar refractivity (Wildman–Crippen MR) is 88.1 cm³/mol. The molecule has 0 bridgehead atoms. The molecule has 0 spiro atoms. The fourth-order valence-corrected chi connectivity index (χ4v) is 2.29. The molecule has 1 aromatic heterocycles. The molecule has 0 unspecified atom stereocenters. The first-order valence-corrected chi connectivity index (χ1v) is 7.11. The van der Waals surface area contributed by atoms with Crippen LogP contribution in [0, 0.1) is 0 Å². The predicted octanol–water partition coefficient (Wildman–Crippen LogP) is 3.22. The number of phenolic OH excluding ortho intramolecular Hbond substituents is 1. The minimum atomic E-state index is -0.996. The summed E-state index contributed by atoms with van der Waals surface area (Å²) in [6.07, 6.45) is 3.17. The number of hydrogen-bond donors (Lipinski definition) is 2. The molecule has 6 heteroatoms. The fourth-order valence-electron chi connectivity index (χ4n) is 2.29. The average molecular weight is 322 g/mol. The smallest absolute Gasteiger partial charge is 0.335 e. The Morgan fingerprint density at radius 2 is 1.75 bits per heavy atom. The second kappa shape index (κ2) is 6.37. The lowest BCUT2D eigenvalue weighted by Gasteiger charge is -2.08. The number of carbonyl (C=O) groups is 1. The number of benzene rings is 2. The number of phenols is 1. The van der Waals surface area contributed by atoms with Crippen LogP contribution in [0.1, 0.15) is 10.4 Å². The molecule has 0 saturated heterocycles. The summed E-state index contributed by atoms with van der Waals surface area (Å²) >= 11 is 0. The van der Waals surface area contributed by atoms with Crippen LogP contribution < -0.4 is 4.74 Å². The molecule has 2 aromatic carbocycles. The van der Waals surface area contributed by atoms with Crippen molar-refractivity contribution >= 4 is 5.97 Å². The minimum Gasteiger partial charge on any atom is -0.504 e. The van der Waals surface area contributed by atoms with Crippen molar-refractivity contribution in [2.24, 2.45) is 0 Å². The summed E-state index contributed by atoms with van der Waals surface area (Å²) < 4.78 is 5.10. The fraction of sp³-hybridized carbons (Fsp3) is 0.0556. The van der Waals surface area contributed by atoms with Gasteiger partial charge in [0.25, 0.3) is 0 Å². The van der Waals surface area contributed by atoms with E-state index in [1.807, 2.05) is 0 Å². The van der Waals surface area contributed by atoms with Gasteiger partial charge in [-0.15, -0.1) is 0 Å². The topological polar surface area (TPSA) is 92.5 Å². The number of carboxylic acid groups (broad SMARTS) is 1. The summed E-state index contributed by atoms with van der Waals surface area (Å²) in [6.45, 7) is 0. The Balaban J connectivity index is 2.04. The van der Waals surface area contributed by atoms with Crippen molar-refractivity contribution in [3.63, 3.8) is 0 Å². The summed E-state index contributed by atoms with van der Waals surface area (Å²) in [4.78, 5) is 19.8. The molecule has 0 aliphatic rings. The van der Waals surface area contributed by atoms with Crippen molar-refractivity contribution in [3.05, 3.63) is 60.4 Å². The zero-order valence-electron chi connectivity index (χ0n) is 12.8.